The van der Waals surface area contributed by atoms with Crippen molar-refractivity contribution in [1.29, 1.82) is 0 Å². The van der Waals surface area contributed by atoms with Crippen molar-refractivity contribution in [2.75, 3.05) is 4.72 Å². The van der Waals surface area contributed by atoms with Crippen molar-refractivity contribution in [1.82, 2.24) is 0 Å². The lowest BCUT2D eigenvalue weighted by atomic mass is 10.2. The number of carbonyl (C=O) groups is 1. The first kappa shape index (κ1) is 21.6. The van der Waals surface area contributed by atoms with Gasteiger partial charge in [0.2, 0.25) is 5.06 Å². The molecule has 0 saturated heterocycles. The lowest BCUT2D eigenvalue weighted by Gasteiger charge is -2.12. The van der Waals surface area contributed by atoms with Crippen LogP contribution in [0, 0.1) is 5.82 Å². The SMILES string of the molecule is O=C(O)Oc1sc(-c2ccccc2)cc1NS(=O)(=O)c1ccc(F)c(C(F)(F)F)c1. The highest BCUT2D eigenvalue weighted by molar-refractivity contribution is 7.92. The molecule has 0 radical (unpaired) electrons. The lowest BCUT2D eigenvalue weighted by Crippen LogP contribution is -2.16. The zero-order chi connectivity index (χ0) is 22.1. The minimum Gasteiger partial charge on any atom is -0.449 e. The molecular formula is C18H11F4NO5S2. The van der Waals surface area contributed by atoms with E-state index in [-0.39, 0.29) is 16.8 Å². The second-order valence-electron chi connectivity index (χ2n) is 5.79. The fourth-order valence-corrected chi connectivity index (χ4v) is 4.54. The van der Waals surface area contributed by atoms with Gasteiger partial charge in [-0.1, -0.05) is 41.7 Å². The average molecular weight is 461 g/mol. The zero-order valence-electron chi connectivity index (χ0n) is 14.6. The van der Waals surface area contributed by atoms with Crippen LogP contribution in [0.3, 0.4) is 0 Å². The van der Waals surface area contributed by atoms with Gasteiger partial charge in [-0.05, 0) is 29.8 Å². The van der Waals surface area contributed by atoms with Gasteiger partial charge in [0.15, 0.2) is 0 Å². The lowest BCUT2D eigenvalue weighted by molar-refractivity contribution is -0.140. The van der Waals surface area contributed by atoms with E-state index in [9.17, 15) is 30.8 Å². The summed E-state index contributed by atoms with van der Waals surface area (Å²) in [5.41, 5.74) is -1.41. The number of sulfonamides is 1. The van der Waals surface area contributed by atoms with Crippen LogP contribution in [0.5, 0.6) is 5.06 Å². The number of rotatable bonds is 5. The number of anilines is 1. The fourth-order valence-electron chi connectivity index (χ4n) is 2.44. The van der Waals surface area contributed by atoms with Crippen molar-refractivity contribution in [3.05, 3.63) is 66.0 Å². The highest BCUT2D eigenvalue weighted by Gasteiger charge is 2.35. The Kier molecular flexibility index (Phi) is 5.72. The number of hydrogen-bond donors (Lipinski definition) is 2. The van der Waals surface area contributed by atoms with Crippen molar-refractivity contribution < 1.29 is 40.6 Å². The summed E-state index contributed by atoms with van der Waals surface area (Å²) in [5, 5.41) is 8.55. The smallest absolute Gasteiger partial charge is 0.449 e. The molecule has 158 valence electrons. The Morgan fingerprint density at radius 1 is 1.07 bits per heavy atom. The molecule has 3 rings (SSSR count). The molecule has 12 heteroatoms. The fraction of sp³-hybridized carbons (Fsp3) is 0.0556. The molecule has 0 saturated carbocycles. The standard InChI is InChI=1S/C18H11F4NO5S2/c19-13-7-6-11(8-12(13)18(20,21)22)30(26,27)23-14-9-15(10-4-2-1-3-5-10)29-16(14)28-17(24)25/h1-9,23H,(H,24,25). The number of ether oxygens (including phenoxy) is 1. The summed E-state index contributed by atoms with van der Waals surface area (Å²) in [6.45, 7) is 0. The van der Waals surface area contributed by atoms with Gasteiger partial charge in [-0.2, -0.15) is 13.2 Å². The molecule has 0 atom stereocenters. The van der Waals surface area contributed by atoms with Crippen LogP contribution in [0.2, 0.25) is 0 Å². The van der Waals surface area contributed by atoms with E-state index in [0.717, 1.165) is 11.3 Å². The molecule has 2 N–H and O–H groups in total. The van der Waals surface area contributed by atoms with Gasteiger partial charge >= 0.3 is 12.3 Å². The summed E-state index contributed by atoms with van der Waals surface area (Å²) in [5.74, 6) is -1.63. The predicted molar refractivity (Wildman–Crippen MR) is 101 cm³/mol. The van der Waals surface area contributed by atoms with Crippen LogP contribution in [0.4, 0.5) is 28.0 Å². The van der Waals surface area contributed by atoms with Gasteiger partial charge in [-0.25, -0.2) is 17.6 Å². The van der Waals surface area contributed by atoms with Crippen molar-refractivity contribution in [2.45, 2.75) is 11.1 Å². The third-order valence-electron chi connectivity index (χ3n) is 3.73. The monoisotopic (exact) mass is 461 g/mol. The maximum atomic E-state index is 13.5. The highest BCUT2D eigenvalue weighted by atomic mass is 32.2. The second-order valence-corrected chi connectivity index (χ2v) is 8.49. The van der Waals surface area contributed by atoms with Gasteiger partial charge in [-0.3, -0.25) is 4.72 Å². The molecule has 0 aliphatic rings. The van der Waals surface area contributed by atoms with Gasteiger partial charge in [0, 0.05) is 4.88 Å². The van der Waals surface area contributed by atoms with Crippen LogP contribution >= 0.6 is 11.3 Å². The molecule has 30 heavy (non-hydrogen) atoms. The topological polar surface area (TPSA) is 92.7 Å². The van der Waals surface area contributed by atoms with Gasteiger partial charge in [-0.15, -0.1) is 0 Å². The number of halogens is 4. The summed E-state index contributed by atoms with van der Waals surface area (Å²) >= 11 is 0.817. The van der Waals surface area contributed by atoms with Crippen molar-refractivity contribution >= 4 is 33.2 Å². The van der Waals surface area contributed by atoms with Gasteiger partial charge in [0.25, 0.3) is 10.0 Å². The second kappa shape index (κ2) is 7.95. The first-order valence-electron chi connectivity index (χ1n) is 7.97. The largest absolute Gasteiger partial charge is 0.512 e. The van der Waals surface area contributed by atoms with E-state index in [0.29, 0.717) is 22.6 Å². The molecular weight excluding hydrogens is 450 g/mol. The first-order valence-corrected chi connectivity index (χ1v) is 10.3. The van der Waals surface area contributed by atoms with Crippen LogP contribution in [0.15, 0.2) is 59.5 Å². The van der Waals surface area contributed by atoms with E-state index in [2.05, 4.69) is 4.74 Å². The van der Waals surface area contributed by atoms with E-state index in [4.69, 9.17) is 5.11 Å². The van der Waals surface area contributed by atoms with Gasteiger partial charge in [0.1, 0.15) is 11.5 Å². The van der Waals surface area contributed by atoms with E-state index in [1.807, 2.05) is 4.72 Å². The van der Waals surface area contributed by atoms with Crippen molar-refractivity contribution in [2.24, 2.45) is 0 Å². The molecule has 1 aromatic heterocycles. The van der Waals surface area contributed by atoms with E-state index < -0.39 is 38.6 Å². The first-order chi connectivity index (χ1) is 14.0. The summed E-state index contributed by atoms with van der Waals surface area (Å²) < 4.78 is 83.9. The molecule has 0 unspecified atom stereocenters. The Morgan fingerprint density at radius 2 is 1.73 bits per heavy atom. The Labute approximate surface area is 171 Å². The number of carboxylic acid groups (broad SMARTS) is 1. The quantitative estimate of drug-likeness (QED) is 0.390. The molecule has 6 nitrogen and oxygen atoms in total. The van der Waals surface area contributed by atoms with Crippen molar-refractivity contribution in [3.8, 4) is 15.5 Å². The minimum atomic E-state index is -5.10. The third-order valence-corrected chi connectivity index (χ3v) is 6.16. The van der Waals surface area contributed by atoms with E-state index in [1.165, 1.54) is 6.07 Å². The van der Waals surface area contributed by atoms with Crippen LogP contribution in [-0.4, -0.2) is 19.7 Å². The van der Waals surface area contributed by atoms with E-state index in [1.54, 1.807) is 30.3 Å². The van der Waals surface area contributed by atoms with Gasteiger partial charge in [0.05, 0.1) is 10.5 Å². The maximum Gasteiger partial charge on any atom is 0.512 e. The Balaban J connectivity index is 2.02. The summed E-state index contributed by atoms with van der Waals surface area (Å²) in [4.78, 5) is 10.5. The molecule has 1 heterocycles. The van der Waals surface area contributed by atoms with Crippen molar-refractivity contribution in [3.63, 3.8) is 0 Å². The Bertz CT molecular complexity index is 1190. The zero-order valence-corrected chi connectivity index (χ0v) is 16.2. The molecule has 2 aromatic carbocycles. The number of benzene rings is 2. The Hall–Kier alpha value is -3.12. The highest BCUT2D eigenvalue weighted by Crippen LogP contribution is 2.42. The molecule has 0 aliphatic heterocycles. The van der Waals surface area contributed by atoms with Gasteiger partial charge < -0.3 is 9.84 Å². The number of thiophene rings is 1. The molecule has 0 amide bonds. The molecule has 3 aromatic rings. The number of nitrogens with one attached hydrogen (secondary N) is 1. The molecule has 0 fully saturated rings. The third kappa shape index (κ3) is 4.71. The normalized spacial score (nSPS) is 11.9. The molecule has 0 bridgehead atoms. The van der Waals surface area contributed by atoms with Crippen LogP contribution in [-0.2, 0) is 16.2 Å². The summed E-state index contributed by atoms with van der Waals surface area (Å²) in [7, 11) is -4.62. The van der Waals surface area contributed by atoms with Crippen LogP contribution in [0.1, 0.15) is 5.56 Å². The average Bonchev–Trinajstić information content (AvgIpc) is 3.02. The molecule has 0 aliphatic carbocycles. The molecule has 0 spiro atoms. The summed E-state index contributed by atoms with van der Waals surface area (Å²) in [6.07, 6.45) is -6.81. The number of hydrogen-bond acceptors (Lipinski definition) is 5. The van der Waals surface area contributed by atoms with Crippen LogP contribution in [0.25, 0.3) is 10.4 Å². The Morgan fingerprint density at radius 3 is 2.33 bits per heavy atom. The van der Waals surface area contributed by atoms with E-state index >= 15 is 0 Å². The predicted octanol–water partition coefficient (Wildman–Crippen LogP) is 5.43. The van der Waals surface area contributed by atoms with Crippen LogP contribution < -0.4 is 9.46 Å². The minimum absolute atomic E-state index is 0.153. The summed E-state index contributed by atoms with van der Waals surface area (Å²) in [6, 6.07) is 11.0. The maximum absolute atomic E-state index is 13.5. The number of alkyl halides is 3.